The van der Waals surface area contributed by atoms with Gasteiger partial charge in [-0.3, -0.25) is 4.79 Å². The van der Waals surface area contributed by atoms with Crippen LogP contribution in [0.2, 0.25) is 13.1 Å². The van der Waals surface area contributed by atoms with Crippen molar-refractivity contribution in [3.05, 3.63) is 42.0 Å². The molecule has 5 rings (SSSR count). The van der Waals surface area contributed by atoms with Gasteiger partial charge in [-0.05, 0) is 123 Å². The van der Waals surface area contributed by atoms with E-state index in [2.05, 4.69) is 26.8 Å². The number of benzene rings is 1. The molecule has 4 aliphatic rings. The molecular formula is C35H51F3O2Si. The van der Waals surface area contributed by atoms with Crippen molar-refractivity contribution in [2.75, 3.05) is 0 Å². The second kappa shape index (κ2) is 10.9. The van der Waals surface area contributed by atoms with Crippen LogP contribution in [-0.4, -0.2) is 25.9 Å². The lowest BCUT2D eigenvalue weighted by atomic mass is 9.48. The average molecular weight is 589 g/mol. The minimum atomic E-state index is -4.42. The molecule has 1 aromatic carbocycles. The maximum atomic E-state index is 14.6. The van der Waals surface area contributed by atoms with E-state index < -0.39 is 20.1 Å². The van der Waals surface area contributed by atoms with Gasteiger partial charge in [0.25, 0.3) is 0 Å². The second-order valence-electron chi connectivity index (χ2n) is 15.3. The first-order valence-corrected chi connectivity index (χ1v) is 19.1. The zero-order valence-corrected chi connectivity index (χ0v) is 27.1. The Kier molecular flexibility index (Phi) is 8.29. The van der Waals surface area contributed by atoms with Crippen LogP contribution in [0.25, 0.3) is 0 Å². The summed E-state index contributed by atoms with van der Waals surface area (Å²) < 4.78 is 50.0. The molecule has 8 atom stereocenters. The van der Waals surface area contributed by atoms with Gasteiger partial charge in [0.2, 0.25) is 8.32 Å². The maximum Gasteiger partial charge on any atom is 0.416 e. The third kappa shape index (κ3) is 5.54. The minimum Gasteiger partial charge on any atom is -0.399 e. The first-order chi connectivity index (χ1) is 19.1. The summed E-state index contributed by atoms with van der Waals surface area (Å²) in [5, 5.41) is 0.892. The summed E-state index contributed by atoms with van der Waals surface area (Å²) in [7, 11) is -2.77. The predicted octanol–water partition coefficient (Wildman–Crippen LogP) is 9.39. The van der Waals surface area contributed by atoms with Crippen molar-refractivity contribution >= 4 is 19.3 Å². The smallest absolute Gasteiger partial charge is 0.399 e. The van der Waals surface area contributed by atoms with E-state index in [1.165, 1.54) is 25.3 Å². The van der Waals surface area contributed by atoms with E-state index in [1.807, 2.05) is 43.4 Å². The Bertz CT molecular complexity index is 1150. The van der Waals surface area contributed by atoms with E-state index in [4.69, 9.17) is 4.43 Å². The van der Waals surface area contributed by atoms with Crippen LogP contribution >= 0.6 is 0 Å². The summed E-state index contributed by atoms with van der Waals surface area (Å²) in [6.07, 6.45) is 7.74. The molecule has 3 fully saturated rings. The molecule has 0 aliphatic heterocycles. The third-order valence-electron chi connectivity index (χ3n) is 12.6. The Morgan fingerprint density at radius 3 is 2.44 bits per heavy atom. The number of alkyl halides is 3. The minimum absolute atomic E-state index is 0.00241. The van der Waals surface area contributed by atoms with Crippen LogP contribution in [0.3, 0.4) is 0 Å². The Balaban J connectivity index is 1.30. The van der Waals surface area contributed by atoms with Crippen molar-refractivity contribution in [3.8, 4) is 0 Å². The van der Waals surface area contributed by atoms with Gasteiger partial charge in [-0.25, -0.2) is 0 Å². The summed E-state index contributed by atoms with van der Waals surface area (Å²) in [6.45, 7) is 12.1. The van der Waals surface area contributed by atoms with Crippen LogP contribution in [0.4, 0.5) is 13.2 Å². The zero-order chi connectivity index (χ0) is 29.8. The van der Waals surface area contributed by atoms with Crippen LogP contribution in [-0.2, 0) is 9.22 Å². The Labute approximate surface area is 247 Å². The summed E-state index contributed by atoms with van der Waals surface area (Å²) in [4.78, 5) is 12.4. The van der Waals surface area contributed by atoms with Gasteiger partial charge >= 0.3 is 6.18 Å². The molecule has 1 unspecified atom stereocenters. The average Bonchev–Trinajstić information content (AvgIpc) is 3.17. The first-order valence-electron chi connectivity index (χ1n) is 16.1. The van der Waals surface area contributed by atoms with E-state index in [-0.39, 0.29) is 23.2 Å². The fourth-order valence-electron chi connectivity index (χ4n) is 10.1. The van der Waals surface area contributed by atoms with Crippen LogP contribution in [0, 0.1) is 40.4 Å². The number of fused-ring (bicyclic) bond motifs is 5. The van der Waals surface area contributed by atoms with Gasteiger partial charge in [0.15, 0.2) is 0 Å². The summed E-state index contributed by atoms with van der Waals surface area (Å²) in [5.74, 6) is 2.95. The molecular weight excluding hydrogens is 537 g/mol. The summed E-state index contributed by atoms with van der Waals surface area (Å²) in [6, 6.07) is 9.45. The SMILES string of the molecule is C[C@H](CCC(C)(O[Si](C)(C)c1ccccc1)C(F)(F)F)[C@H]1CC[C@H]2[C@@H]3CC=C4CC(=O)CCC[C@]4(C)[C@H]3CC[C@]12C. The van der Waals surface area contributed by atoms with Crippen LogP contribution in [0.15, 0.2) is 42.0 Å². The van der Waals surface area contributed by atoms with Gasteiger partial charge < -0.3 is 4.43 Å². The lowest BCUT2D eigenvalue weighted by Crippen LogP contribution is -2.57. The van der Waals surface area contributed by atoms with Gasteiger partial charge in [0.05, 0.1) is 0 Å². The predicted molar refractivity (Wildman–Crippen MR) is 162 cm³/mol. The van der Waals surface area contributed by atoms with Gasteiger partial charge in [-0.2, -0.15) is 13.2 Å². The molecule has 0 radical (unpaired) electrons. The molecule has 2 nitrogen and oxygen atoms in total. The van der Waals surface area contributed by atoms with Gasteiger partial charge in [0, 0.05) is 12.8 Å². The third-order valence-corrected chi connectivity index (χ3v) is 15.2. The standard InChI is InChI=1S/C35H51F3O2Si/c1-24(18-22-34(4,35(36,37)38)40-41(5,6)27-12-8-7-9-13-27)29-16-17-30-28-15-14-25-23-26(39)11-10-20-32(25,2)31(28)19-21-33(29,30)3/h7-9,12-14,24,28-31H,10-11,15-23H2,1-6H3/t24-,28+,29-,30+,31+,32+,33-,34?/m1/s1. The summed E-state index contributed by atoms with van der Waals surface area (Å²) >= 11 is 0. The Hall–Kier alpha value is -1.40. The number of rotatable bonds is 7. The van der Waals surface area contributed by atoms with E-state index >= 15 is 0 Å². The van der Waals surface area contributed by atoms with E-state index in [9.17, 15) is 18.0 Å². The number of Topliss-reactive ketones (excluding diaryl/α,β-unsaturated/α-hetero) is 1. The van der Waals surface area contributed by atoms with E-state index in [0.717, 1.165) is 43.7 Å². The lowest BCUT2D eigenvalue weighted by molar-refractivity contribution is -0.248. The number of hydrogen-bond acceptors (Lipinski definition) is 2. The van der Waals surface area contributed by atoms with Crippen molar-refractivity contribution in [2.24, 2.45) is 40.4 Å². The number of ketones is 1. The van der Waals surface area contributed by atoms with Crippen LogP contribution < -0.4 is 5.19 Å². The second-order valence-corrected chi connectivity index (χ2v) is 19.1. The van der Waals surface area contributed by atoms with Crippen molar-refractivity contribution in [1.82, 2.24) is 0 Å². The summed E-state index contributed by atoms with van der Waals surface area (Å²) in [5.41, 5.74) is -0.432. The molecule has 228 valence electrons. The van der Waals surface area contributed by atoms with E-state index in [0.29, 0.717) is 42.3 Å². The highest BCUT2D eigenvalue weighted by Crippen LogP contribution is 2.67. The quantitative estimate of drug-likeness (QED) is 0.234. The molecule has 0 aromatic heterocycles. The molecule has 0 bridgehead atoms. The number of halogens is 3. The Morgan fingerprint density at radius 1 is 1.05 bits per heavy atom. The highest BCUT2D eigenvalue weighted by molar-refractivity contribution is 6.84. The molecule has 41 heavy (non-hydrogen) atoms. The maximum absolute atomic E-state index is 14.6. The number of carbonyl (C=O) groups excluding carboxylic acids is 1. The van der Waals surface area contributed by atoms with Crippen LogP contribution in [0.5, 0.6) is 0 Å². The van der Waals surface area contributed by atoms with Gasteiger partial charge in [-0.1, -0.05) is 62.8 Å². The lowest BCUT2D eigenvalue weighted by Gasteiger charge is -2.57. The largest absolute Gasteiger partial charge is 0.416 e. The fraction of sp³-hybridized carbons (Fsp3) is 0.743. The molecule has 0 amide bonds. The monoisotopic (exact) mass is 588 g/mol. The molecule has 0 saturated heterocycles. The number of hydrogen-bond donors (Lipinski definition) is 0. The highest BCUT2D eigenvalue weighted by atomic mass is 28.4. The van der Waals surface area contributed by atoms with Crippen molar-refractivity contribution < 1.29 is 22.4 Å². The number of allylic oxidation sites excluding steroid dienone is 2. The zero-order valence-electron chi connectivity index (χ0n) is 26.1. The normalized spacial score (nSPS) is 36.3. The molecule has 1 aromatic rings. The highest BCUT2D eigenvalue weighted by Gasteiger charge is 2.60. The van der Waals surface area contributed by atoms with Gasteiger partial charge in [-0.15, -0.1) is 0 Å². The van der Waals surface area contributed by atoms with Crippen molar-refractivity contribution in [2.45, 2.75) is 123 Å². The van der Waals surface area contributed by atoms with E-state index in [1.54, 1.807) is 0 Å². The molecule has 3 saturated carbocycles. The molecule has 0 heterocycles. The molecule has 0 N–H and O–H groups in total. The number of carbonyl (C=O) groups is 1. The van der Waals surface area contributed by atoms with Crippen molar-refractivity contribution in [1.29, 1.82) is 0 Å². The fourth-order valence-corrected chi connectivity index (χ4v) is 12.6. The van der Waals surface area contributed by atoms with Crippen molar-refractivity contribution in [3.63, 3.8) is 0 Å². The first kappa shape index (κ1) is 31.0. The molecule has 4 aliphatic carbocycles. The molecule has 0 spiro atoms. The van der Waals surface area contributed by atoms with Gasteiger partial charge in [0.1, 0.15) is 11.4 Å². The topological polar surface area (TPSA) is 26.3 Å². The molecule has 6 heteroatoms. The van der Waals surface area contributed by atoms with Crippen LogP contribution in [0.1, 0.15) is 98.3 Å². The Morgan fingerprint density at radius 2 is 1.76 bits per heavy atom.